The monoisotopic (exact) mass is 366 g/mol. The predicted octanol–water partition coefficient (Wildman–Crippen LogP) is 3.92. The third-order valence-electron chi connectivity index (χ3n) is 3.71. The second-order valence-electron chi connectivity index (χ2n) is 5.66. The minimum Gasteiger partial charge on any atom is -0.494 e. The van der Waals surface area contributed by atoms with Gasteiger partial charge < -0.3 is 13.7 Å². The molecule has 8 heteroatoms. The van der Waals surface area contributed by atoms with E-state index in [0.717, 1.165) is 11.3 Å². The predicted molar refractivity (Wildman–Crippen MR) is 93.4 cm³/mol. The van der Waals surface area contributed by atoms with Gasteiger partial charge in [-0.25, -0.2) is 4.39 Å². The van der Waals surface area contributed by atoms with Gasteiger partial charge in [0.25, 0.3) is 0 Å². The van der Waals surface area contributed by atoms with Crippen molar-refractivity contribution < 1.29 is 18.1 Å². The molecule has 0 aliphatic rings. The van der Waals surface area contributed by atoms with Crippen LogP contribution >= 0.6 is 0 Å². The molecule has 0 N–H and O–H groups in total. The van der Waals surface area contributed by atoms with Gasteiger partial charge in [0.05, 0.1) is 6.61 Å². The second kappa shape index (κ2) is 7.36. The van der Waals surface area contributed by atoms with Crippen LogP contribution in [0.3, 0.4) is 0 Å². The van der Waals surface area contributed by atoms with Crippen LogP contribution in [0.4, 0.5) is 4.39 Å². The number of ether oxygens (including phenoxy) is 1. The zero-order valence-electron chi connectivity index (χ0n) is 14.4. The number of aromatic nitrogens is 4. The van der Waals surface area contributed by atoms with Gasteiger partial charge in [0, 0.05) is 11.1 Å². The van der Waals surface area contributed by atoms with Crippen LogP contribution in [0.15, 0.2) is 57.5 Å². The lowest BCUT2D eigenvalue weighted by Gasteiger charge is -2.02. The van der Waals surface area contributed by atoms with Crippen LogP contribution in [0.1, 0.15) is 18.7 Å². The van der Waals surface area contributed by atoms with Crippen LogP contribution in [0.25, 0.3) is 22.8 Å². The maximum Gasteiger partial charge on any atom is 0.247 e. The first-order valence-corrected chi connectivity index (χ1v) is 8.35. The van der Waals surface area contributed by atoms with Crippen LogP contribution < -0.4 is 4.74 Å². The molecule has 0 atom stereocenters. The van der Waals surface area contributed by atoms with Gasteiger partial charge in [0.2, 0.25) is 23.5 Å². The molecule has 0 spiro atoms. The van der Waals surface area contributed by atoms with Crippen molar-refractivity contribution in [1.82, 2.24) is 20.3 Å². The van der Waals surface area contributed by atoms with Crippen LogP contribution in [-0.2, 0) is 6.42 Å². The Balaban J connectivity index is 1.51. The fourth-order valence-corrected chi connectivity index (χ4v) is 2.53. The molecule has 0 amide bonds. The molecule has 2 aromatic carbocycles. The third-order valence-corrected chi connectivity index (χ3v) is 3.71. The average molecular weight is 366 g/mol. The minimum atomic E-state index is -0.372. The standard InChI is InChI=1S/C19H15FN4O3/c1-2-25-15-8-4-5-12(10-15)18-21-16(27-24-18)11-17-22-23-19(26-17)13-6-3-7-14(20)9-13/h3-10H,2,11H2,1H3. The Morgan fingerprint density at radius 2 is 1.85 bits per heavy atom. The molecular formula is C19H15FN4O3. The van der Waals surface area contributed by atoms with E-state index in [9.17, 15) is 4.39 Å². The molecule has 0 aliphatic carbocycles. The molecule has 0 unspecified atom stereocenters. The lowest BCUT2D eigenvalue weighted by Crippen LogP contribution is -1.92. The lowest BCUT2D eigenvalue weighted by atomic mass is 10.2. The Labute approximate surface area is 153 Å². The highest BCUT2D eigenvalue weighted by Crippen LogP contribution is 2.23. The Kier molecular flexibility index (Phi) is 4.61. The van der Waals surface area contributed by atoms with E-state index in [1.165, 1.54) is 12.1 Å². The topological polar surface area (TPSA) is 87.1 Å². The molecule has 7 nitrogen and oxygen atoms in total. The summed E-state index contributed by atoms with van der Waals surface area (Å²) in [6.07, 6.45) is 0.181. The normalized spacial score (nSPS) is 10.9. The largest absolute Gasteiger partial charge is 0.494 e. The summed E-state index contributed by atoms with van der Waals surface area (Å²) in [7, 11) is 0. The molecule has 4 aromatic rings. The van der Waals surface area contributed by atoms with E-state index in [0.29, 0.717) is 29.8 Å². The van der Waals surface area contributed by atoms with Crippen LogP contribution in [0, 0.1) is 5.82 Å². The quantitative estimate of drug-likeness (QED) is 0.511. The first-order chi connectivity index (χ1) is 13.2. The van der Waals surface area contributed by atoms with E-state index in [2.05, 4.69) is 20.3 Å². The maximum atomic E-state index is 13.3. The van der Waals surface area contributed by atoms with E-state index >= 15 is 0 Å². The summed E-state index contributed by atoms with van der Waals surface area (Å²) in [5, 5.41) is 11.9. The Bertz CT molecular complexity index is 1060. The van der Waals surface area contributed by atoms with Crippen LogP contribution in [0.5, 0.6) is 5.75 Å². The van der Waals surface area contributed by atoms with Gasteiger partial charge in [-0.1, -0.05) is 23.4 Å². The van der Waals surface area contributed by atoms with Crippen LogP contribution in [-0.4, -0.2) is 26.9 Å². The number of nitrogens with zero attached hydrogens (tertiary/aromatic N) is 4. The smallest absolute Gasteiger partial charge is 0.247 e. The Morgan fingerprint density at radius 1 is 1.00 bits per heavy atom. The highest BCUT2D eigenvalue weighted by atomic mass is 19.1. The molecule has 0 fully saturated rings. The van der Waals surface area contributed by atoms with E-state index in [-0.39, 0.29) is 18.1 Å². The van der Waals surface area contributed by atoms with Gasteiger partial charge in [0.15, 0.2) is 0 Å². The summed E-state index contributed by atoms with van der Waals surface area (Å²) in [5.41, 5.74) is 1.29. The lowest BCUT2D eigenvalue weighted by molar-refractivity contribution is 0.340. The third kappa shape index (κ3) is 3.84. The minimum absolute atomic E-state index is 0.181. The Hall–Kier alpha value is -3.55. The molecule has 0 saturated heterocycles. The molecule has 0 saturated carbocycles. The molecule has 2 aromatic heterocycles. The summed E-state index contributed by atoms with van der Waals surface area (Å²) in [6.45, 7) is 2.49. The summed E-state index contributed by atoms with van der Waals surface area (Å²) < 4.78 is 29.6. The van der Waals surface area contributed by atoms with E-state index in [4.69, 9.17) is 13.7 Å². The second-order valence-corrected chi connectivity index (χ2v) is 5.66. The van der Waals surface area contributed by atoms with Crippen molar-refractivity contribution in [3.05, 3.63) is 66.1 Å². The van der Waals surface area contributed by atoms with Crippen molar-refractivity contribution in [1.29, 1.82) is 0 Å². The molecule has 0 radical (unpaired) electrons. The van der Waals surface area contributed by atoms with E-state index in [1.807, 2.05) is 31.2 Å². The number of hydrogen-bond acceptors (Lipinski definition) is 7. The number of benzene rings is 2. The molecule has 136 valence electrons. The average Bonchev–Trinajstić information content (AvgIpc) is 3.32. The van der Waals surface area contributed by atoms with E-state index < -0.39 is 0 Å². The molecule has 0 bridgehead atoms. The first-order valence-electron chi connectivity index (χ1n) is 8.35. The summed E-state index contributed by atoms with van der Waals surface area (Å²) in [5.74, 6) is 1.67. The van der Waals surface area contributed by atoms with Crippen molar-refractivity contribution in [3.63, 3.8) is 0 Å². The molecule has 4 rings (SSSR count). The summed E-state index contributed by atoms with van der Waals surface area (Å²) in [6, 6.07) is 13.4. The summed E-state index contributed by atoms with van der Waals surface area (Å²) in [4.78, 5) is 4.35. The van der Waals surface area contributed by atoms with Crippen molar-refractivity contribution in [2.75, 3.05) is 6.61 Å². The van der Waals surface area contributed by atoms with Gasteiger partial charge in [-0.15, -0.1) is 10.2 Å². The van der Waals surface area contributed by atoms with Gasteiger partial charge in [0.1, 0.15) is 18.0 Å². The SMILES string of the molecule is CCOc1cccc(-c2noc(Cc3nnc(-c4cccc(F)c4)o3)n2)c1. The molecule has 27 heavy (non-hydrogen) atoms. The van der Waals surface area contributed by atoms with E-state index in [1.54, 1.807) is 12.1 Å². The van der Waals surface area contributed by atoms with Crippen LogP contribution in [0.2, 0.25) is 0 Å². The molecular weight excluding hydrogens is 351 g/mol. The fourth-order valence-electron chi connectivity index (χ4n) is 2.53. The van der Waals surface area contributed by atoms with Crippen molar-refractivity contribution in [3.8, 4) is 28.6 Å². The number of rotatable bonds is 6. The molecule has 0 aliphatic heterocycles. The molecule has 2 heterocycles. The highest BCUT2D eigenvalue weighted by molar-refractivity contribution is 5.57. The summed E-state index contributed by atoms with van der Waals surface area (Å²) >= 11 is 0. The fraction of sp³-hybridized carbons (Fsp3) is 0.158. The maximum absolute atomic E-state index is 13.3. The van der Waals surface area contributed by atoms with Crippen molar-refractivity contribution in [2.24, 2.45) is 0 Å². The first kappa shape index (κ1) is 16.9. The van der Waals surface area contributed by atoms with Crippen molar-refractivity contribution in [2.45, 2.75) is 13.3 Å². The zero-order chi connectivity index (χ0) is 18.6. The number of halogens is 1. The van der Waals surface area contributed by atoms with Gasteiger partial charge in [-0.05, 0) is 37.3 Å². The highest BCUT2D eigenvalue weighted by Gasteiger charge is 2.15. The Morgan fingerprint density at radius 3 is 2.70 bits per heavy atom. The van der Waals surface area contributed by atoms with Gasteiger partial charge in [-0.2, -0.15) is 4.98 Å². The van der Waals surface area contributed by atoms with Crippen molar-refractivity contribution >= 4 is 0 Å². The van der Waals surface area contributed by atoms with Gasteiger partial charge in [-0.3, -0.25) is 0 Å². The van der Waals surface area contributed by atoms with Gasteiger partial charge >= 0.3 is 0 Å². The zero-order valence-corrected chi connectivity index (χ0v) is 14.4. The number of hydrogen-bond donors (Lipinski definition) is 0.